The normalized spacial score (nSPS) is 12.4. The molecule has 120 valence electrons. The molecule has 0 amide bonds. The first-order valence-electron chi connectivity index (χ1n) is 7.03. The highest BCUT2D eigenvalue weighted by Crippen LogP contribution is 2.28. The smallest absolute Gasteiger partial charge is 0.274 e. The van der Waals surface area contributed by atoms with E-state index >= 15 is 0 Å². The maximum Gasteiger partial charge on any atom is 0.274 e. The van der Waals surface area contributed by atoms with Crippen molar-refractivity contribution in [3.8, 4) is 5.75 Å². The predicted molar refractivity (Wildman–Crippen MR) is 114 cm³/mol. The number of ether oxygens (including phenoxy) is 1. The zero-order chi connectivity index (χ0) is 16.8. The second kappa shape index (κ2) is 6.26. The molecule has 4 rings (SSSR count). The van der Waals surface area contributed by atoms with Crippen LogP contribution < -0.4 is 14.8 Å². The minimum atomic E-state index is -0.0420. The molecule has 24 heavy (non-hydrogen) atoms. The van der Waals surface area contributed by atoms with Crippen LogP contribution >= 0.6 is 56.5 Å². The molecule has 0 unspecified atom stereocenters. The Kier molecular flexibility index (Phi) is 4.25. The van der Waals surface area contributed by atoms with Crippen LogP contribution in [-0.2, 0) is 0 Å². The van der Waals surface area contributed by atoms with Crippen molar-refractivity contribution in [2.24, 2.45) is 0 Å². The molecular weight excluding hydrogens is 550 g/mol. The quantitative estimate of drug-likeness (QED) is 0.352. The number of nitrogens with zero attached hydrogens (tertiary/aromatic N) is 2. The number of para-hydroxylation sites is 2. The van der Waals surface area contributed by atoms with Gasteiger partial charge in [-0.25, -0.2) is 9.38 Å². The highest BCUT2D eigenvalue weighted by atomic mass is 127. The van der Waals surface area contributed by atoms with Gasteiger partial charge in [0, 0.05) is 9.13 Å². The number of benzene rings is 2. The molecule has 7 heteroatoms. The molecule has 0 saturated carbocycles. The number of rotatable bonds is 2. The second-order valence-corrected chi connectivity index (χ2v) is 8.56. The Labute approximate surface area is 168 Å². The van der Waals surface area contributed by atoms with Crippen LogP contribution in [0.5, 0.6) is 5.75 Å². The SMILES string of the molecule is COc1c(I)cc(I)cc1C=c1sc2nc3ccccc3n2c1=O. The fourth-order valence-corrected chi connectivity index (χ4v) is 5.74. The van der Waals surface area contributed by atoms with Gasteiger partial charge in [0.1, 0.15) is 5.75 Å². The Hall–Kier alpha value is -1.20. The number of fused-ring (bicyclic) bond motifs is 3. The highest BCUT2D eigenvalue weighted by molar-refractivity contribution is 14.1. The fourth-order valence-electron chi connectivity index (χ4n) is 2.66. The van der Waals surface area contributed by atoms with Crippen LogP contribution in [0.25, 0.3) is 22.1 Å². The summed E-state index contributed by atoms with van der Waals surface area (Å²) in [5.41, 5.74) is 2.55. The summed E-state index contributed by atoms with van der Waals surface area (Å²) in [5.74, 6) is 0.784. The van der Waals surface area contributed by atoms with Crippen molar-refractivity contribution in [1.29, 1.82) is 0 Å². The maximum atomic E-state index is 12.8. The van der Waals surface area contributed by atoms with Gasteiger partial charge >= 0.3 is 0 Å². The average molecular weight is 560 g/mol. The Morgan fingerprint density at radius 1 is 1.25 bits per heavy atom. The minimum absolute atomic E-state index is 0.0420. The Morgan fingerprint density at radius 3 is 2.83 bits per heavy atom. The number of halogens is 2. The van der Waals surface area contributed by atoms with Gasteiger partial charge in [-0.15, -0.1) is 0 Å². The molecule has 0 saturated heterocycles. The lowest BCUT2D eigenvalue weighted by atomic mass is 10.2. The van der Waals surface area contributed by atoms with Crippen molar-refractivity contribution in [2.45, 2.75) is 0 Å². The van der Waals surface area contributed by atoms with E-state index in [1.807, 2.05) is 42.5 Å². The molecule has 0 aliphatic rings. The van der Waals surface area contributed by atoms with Gasteiger partial charge in [0.2, 0.25) is 0 Å². The van der Waals surface area contributed by atoms with E-state index in [0.717, 1.165) is 29.5 Å². The van der Waals surface area contributed by atoms with Crippen molar-refractivity contribution in [2.75, 3.05) is 7.11 Å². The molecule has 2 heterocycles. The molecule has 0 atom stereocenters. The monoisotopic (exact) mass is 560 g/mol. The summed E-state index contributed by atoms with van der Waals surface area (Å²) in [6, 6.07) is 11.7. The van der Waals surface area contributed by atoms with E-state index in [0.29, 0.717) is 9.49 Å². The van der Waals surface area contributed by atoms with Crippen LogP contribution in [0.2, 0.25) is 0 Å². The first kappa shape index (κ1) is 16.3. The van der Waals surface area contributed by atoms with Gasteiger partial charge in [0.25, 0.3) is 5.56 Å². The zero-order valence-corrected chi connectivity index (χ0v) is 17.5. The summed E-state index contributed by atoms with van der Waals surface area (Å²) in [5, 5.41) is 0. The number of hydrogen-bond acceptors (Lipinski definition) is 4. The van der Waals surface area contributed by atoms with E-state index in [2.05, 4.69) is 50.2 Å². The van der Waals surface area contributed by atoms with Crippen molar-refractivity contribution < 1.29 is 4.74 Å². The molecular formula is C17H10I2N2O2S. The maximum absolute atomic E-state index is 12.8. The lowest BCUT2D eigenvalue weighted by Crippen LogP contribution is -2.22. The van der Waals surface area contributed by atoms with Crippen molar-refractivity contribution in [3.05, 3.63) is 64.0 Å². The van der Waals surface area contributed by atoms with Gasteiger partial charge in [-0.2, -0.15) is 0 Å². The number of aromatic nitrogens is 2. The van der Waals surface area contributed by atoms with Crippen molar-refractivity contribution >= 4 is 78.6 Å². The standard InChI is InChI=1S/C17H10I2N2O2S/c1-23-15-9(6-10(18)8-11(15)19)7-14-16(22)21-13-5-3-2-4-12(13)20-17(21)24-14/h2-8H,1H3. The summed E-state index contributed by atoms with van der Waals surface area (Å²) in [6.45, 7) is 0. The first-order valence-corrected chi connectivity index (χ1v) is 10.0. The van der Waals surface area contributed by atoms with Gasteiger partial charge in [-0.3, -0.25) is 4.79 Å². The third kappa shape index (κ3) is 2.62. The van der Waals surface area contributed by atoms with Crippen LogP contribution in [-0.4, -0.2) is 16.5 Å². The molecule has 4 nitrogen and oxygen atoms in total. The predicted octanol–water partition coefficient (Wildman–Crippen LogP) is 3.67. The van der Waals surface area contributed by atoms with E-state index in [-0.39, 0.29) is 5.56 Å². The minimum Gasteiger partial charge on any atom is -0.495 e. The van der Waals surface area contributed by atoms with E-state index in [4.69, 9.17) is 4.74 Å². The third-order valence-electron chi connectivity index (χ3n) is 3.67. The van der Waals surface area contributed by atoms with E-state index < -0.39 is 0 Å². The Balaban J connectivity index is 2.02. The summed E-state index contributed by atoms with van der Waals surface area (Å²) < 4.78 is 9.96. The summed E-state index contributed by atoms with van der Waals surface area (Å²) in [4.78, 5) is 18.1. The summed E-state index contributed by atoms with van der Waals surface area (Å²) >= 11 is 5.91. The van der Waals surface area contributed by atoms with Gasteiger partial charge < -0.3 is 4.74 Å². The number of hydrogen-bond donors (Lipinski definition) is 0. The molecule has 0 spiro atoms. The lowest BCUT2D eigenvalue weighted by Gasteiger charge is -2.07. The van der Waals surface area contributed by atoms with Crippen LogP contribution in [0.4, 0.5) is 0 Å². The Bertz CT molecular complexity index is 1200. The van der Waals surface area contributed by atoms with Crippen LogP contribution in [0.15, 0.2) is 41.2 Å². The molecule has 0 bridgehead atoms. The molecule has 0 fully saturated rings. The largest absolute Gasteiger partial charge is 0.495 e. The van der Waals surface area contributed by atoms with Crippen LogP contribution in [0, 0.1) is 7.14 Å². The van der Waals surface area contributed by atoms with Crippen molar-refractivity contribution in [3.63, 3.8) is 0 Å². The molecule has 2 aromatic heterocycles. The van der Waals surface area contributed by atoms with E-state index in [1.165, 1.54) is 11.3 Å². The fraction of sp³-hybridized carbons (Fsp3) is 0.0588. The van der Waals surface area contributed by atoms with E-state index in [1.54, 1.807) is 11.5 Å². The van der Waals surface area contributed by atoms with Crippen LogP contribution in [0.3, 0.4) is 0 Å². The molecule has 0 radical (unpaired) electrons. The zero-order valence-electron chi connectivity index (χ0n) is 12.4. The second-order valence-electron chi connectivity index (χ2n) is 5.14. The number of imidazole rings is 1. The Morgan fingerprint density at radius 2 is 2.04 bits per heavy atom. The third-order valence-corrected chi connectivity index (χ3v) is 6.07. The van der Waals surface area contributed by atoms with Gasteiger partial charge in [-0.1, -0.05) is 23.5 Å². The van der Waals surface area contributed by atoms with Gasteiger partial charge in [0.05, 0.1) is 26.2 Å². The lowest BCUT2D eigenvalue weighted by molar-refractivity contribution is 0.410. The summed E-state index contributed by atoms with van der Waals surface area (Å²) in [6.07, 6.45) is 1.89. The number of thiazole rings is 1. The van der Waals surface area contributed by atoms with Crippen LogP contribution in [0.1, 0.15) is 5.56 Å². The topological polar surface area (TPSA) is 43.6 Å². The number of methoxy groups -OCH3 is 1. The molecule has 0 N–H and O–H groups in total. The van der Waals surface area contributed by atoms with Gasteiger partial charge in [-0.05, 0) is 75.5 Å². The molecule has 4 aromatic rings. The van der Waals surface area contributed by atoms with Crippen molar-refractivity contribution in [1.82, 2.24) is 9.38 Å². The summed E-state index contributed by atoms with van der Waals surface area (Å²) in [7, 11) is 1.65. The molecule has 0 aliphatic carbocycles. The van der Waals surface area contributed by atoms with Gasteiger partial charge in [0.15, 0.2) is 4.96 Å². The molecule has 0 aliphatic heterocycles. The highest BCUT2D eigenvalue weighted by Gasteiger charge is 2.12. The van der Waals surface area contributed by atoms with E-state index in [9.17, 15) is 4.79 Å². The molecule has 2 aromatic carbocycles. The first-order chi connectivity index (χ1) is 11.6. The average Bonchev–Trinajstić information content (AvgIpc) is 3.04.